The van der Waals surface area contributed by atoms with Crippen molar-refractivity contribution < 1.29 is 32.6 Å². The number of anilines is 1. The van der Waals surface area contributed by atoms with E-state index in [-0.39, 0.29) is 12.1 Å². The van der Waals surface area contributed by atoms with E-state index in [1.807, 2.05) is 25.1 Å². The maximum atomic E-state index is 12.4. The summed E-state index contributed by atoms with van der Waals surface area (Å²) in [5.41, 5.74) is 1.72. The monoisotopic (exact) mass is 519 g/mol. The van der Waals surface area contributed by atoms with E-state index in [4.69, 9.17) is 19.1 Å². The molecule has 1 aromatic carbocycles. The standard InChI is InChI=1S/C24H42NO7PS/c1-2-21-15-16-22(23(20-21)32-17-11-12-18-33(27,28)29)25-24(26)14-10-8-6-4-3-5-7-9-13-19-34(30)31/h15-16,20H,2-14,17-19H2,1H3,(H,25,26)(H,30,31)(H2,27,28,29). The summed E-state index contributed by atoms with van der Waals surface area (Å²) in [7, 11) is -3.98. The molecule has 4 N–H and O–H groups in total. The molecule has 0 aliphatic heterocycles. The third-order valence-electron chi connectivity index (χ3n) is 5.55. The number of hydrogen-bond donors (Lipinski definition) is 4. The van der Waals surface area contributed by atoms with Gasteiger partial charge in [0.2, 0.25) is 5.91 Å². The van der Waals surface area contributed by atoms with Crippen LogP contribution in [-0.4, -0.2) is 43.0 Å². The Kier molecular flexibility index (Phi) is 16.4. The first-order valence-corrected chi connectivity index (χ1v) is 15.5. The second-order valence-electron chi connectivity index (χ2n) is 8.63. The van der Waals surface area contributed by atoms with Crippen LogP contribution in [0.3, 0.4) is 0 Å². The minimum Gasteiger partial charge on any atom is -0.491 e. The summed E-state index contributed by atoms with van der Waals surface area (Å²) < 4.78 is 36.1. The number of benzene rings is 1. The third kappa shape index (κ3) is 16.4. The Hall–Kier alpha value is -1.25. The summed E-state index contributed by atoms with van der Waals surface area (Å²) in [4.78, 5) is 30.3. The van der Waals surface area contributed by atoms with Gasteiger partial charge in [0.1, 0.15) is 5.75 Å². The first kappa shape index (κ1) is 30.8. The number of ether oxygens (including phenoxy) is 1. The van der Waals surface area contributed by atoms with Crippen molar-refractivity contribution in [2.45, 2.75) is 90.4 Å². The average Bonchev–Trinajstić information content (AvgIpc) is 2.77. The molecule has 0 aliphatic carbocycles. The van der Waals surface area contributed by atoms with Crippen LogP contribution in [0.4, 0.5) is 5.69 Å². The van der Waals surface area contributed by atoms with Crippen molar-refractivity contribution in [3.63, 3.8) is 0 Å². The van der Waals surface area contributed by atoms with Crippen molar-refractivity contribution in [1.29, 1.82) is 0 Å². The van der Waals surface area contributed by atoms with E-state index < -0.39 is 18.7 Å². The maximum absolute atomic E-state index is 12.4. The van der Waals surface area contributed by atoms with Gasteiger partial charge >= 0.3 is 7.60 Å². The molecule has 196 valence electrons. The molecule has 8 nitrogen and oxygen atoms in total. The van der Waals surface area contributed by atoms with E-state index in [9.17, 15) is 13.6 Å². The molecular formula is C24H42NO7PS. The van der Waals surface area contributed by atoms with Crippen LogP contribution in [0.15, 0.2) is 18.2 Å². The highest BCUT2D eigenvalue weighted by Crippen LogP contribution is 2.35. The van der Waals surface area contributed by atoms with Crippen LogP contribution >= 0.6 is 7.60 Å². The molecule has 0 saturated carbocycles. The average molecular weight is 520 g/mol. The van der Waals surface area contributed by atoms with Crippen molar-refractivity contribution in [2.24, 2.45) is 0 Å². The summed E-state index contributed by atoms with van der Waals surface area (Å²) >= 11 is -1.67. The Morgan fingerprint density at radius 2 is 1.59 bits per heavy atom. The first-order chi connectivity index (χ1) is 16.2. The number of carbonyl (C=O) groups excluding carboxylic acids is 1. The lowest BCUT2D eigenvalue weighted by Crippen LogP contribution is -2.13. The topological polar surface area (TPSA) is 133 Å². The molecule has 1 rings (SSSR count). The predicted octanol–water partition coefficient (Wildman–Crippen LogP) is 5.65. The number of unbranched alkanes of at least 4 members (excludes halogenated alkanes) is 9. The second-order valence-corrected chi connectivity index (χ2v) is 11.5. The van der Waals surface area contributed by atoms with Gasteiger partial charge in [-0.3, -0.25) is 9.36 Å². The highest BCUT2D eigenvalue weighted by atomic mass is 32.2. The smallest absolute Gasteiger partial charge is 0.325 e. The minimum atomic E-state index is -3.98. The van der Waals surface area contributed by atoms with Gasteiger partial charge in [-0.25, -0.2) is 4.21 Å². The molecule has 0 aliphatic rings. The predicted molar refractivity (Wildman–Crippen MR) is 138 cm³/mol. The number of aryl methyl sites for hydroxylation is 1. The lowest BCUT2D eigenvalue weighted by atomic mass is 10.1. The maximum Gasteiger partial charge on any atom is 0.325 e. The molecule has 1 unspecified atom stereocenters. The molecular weight excluding hydrogens is 477 g/mol. The van der Waals surface area contributed by atoms with Crippen molar-refractivity contribution in [1.82, 2.24) is 0 Å². The molecule has 0 fully saturated rings. The lowest BCUT2D eigenvalue weighted by Gasteiger charge is -2.14. The molecule has 0 radical (unpaired) electrons. The van der Waals surface area contributed by atoms with E-state index in [1.54, 1.807) is 0 Å². The van der Waals surface area contributed by atoms with Crippen LogP contribution in [0.25, 0.3) is 0 Å². The quantitative estimate of drug-likeness (QED) is 0.0994. The Labute approximate surface area is 206 Å². The Balaban J connectivity index is 2.26. The molecule has 1 aromatic rings. The van der Waals surface area contributed by atoms with E-state index in [1.165, 1.54) is 0 Å². The van der Waals surface area contributed by atoms with Crippen LogP contribution in [0, 0.1) is 0 Å². The number of nitrogens with one attached hydrogen (secondary N) is 1. The van der Waals surface area contributed by atoms with Crippen LogP contribution < -0.4 is 10.1 Å². The van der Waals surface area contributed by atoms with Gasteiger partial charge in [0, 0.05) is 18.3 Å². The van der Waals surface area contributed by atoms with E-state index >= 15 is 0 Å². The Bertz CT molecular complexity index is 785. The van der Waals surface area contributed by atoms with Gasteiger partial charge in [0.25, 0.3) is 0 Å². The summed E-state index contributed by atoms with van der Waals surface area (Å²) in [5.74, 6) is 0.920. The van der Waals surface area contributed by atoms with E-state index in [2.05, 4.69) is 5.32 Å². The van der Waals surface area contributed by atoms with Gasteiger partial charge in [0.05, 0.1) is 12.3 Å². The second kappa shape index (κ2) is 18.1. The van der Waals surface area contributed by atoms with Crippen LogP contribution in [0.5, 0.6) is 5.75 Å². The first-order valence-electron chi connectivity index (χ1n) is 12.4. The fourth-order valence-electron chi connectivity index (χ4n) is 3.57. The summed E-state index contributed by atoms with van der Waals surface area (Å²) in [6.45, 7) is 2.37. The summed E-state index contributed by atoms with van der Waals surface area (Å²) in [6.07, 6.45) is 11.4. The normalized spacial score (nSPS) is 12.5. The zero-order valence-electron chi connectivity index (χ0n) is 20.4. The van der Waals surface area contributed by atoms with Gasteiger partial charge in [-0.1, -0.05) is 57.9 Å². The number of hydrogen-bond acceptors (Lipinski definition) is 4. The third-order valence-corrected chi connectivity index (χ3v) is 7.09. The fourth-order valence-corrected chi connectivity index (χ4v) is 4.66. The number of carbonyl (C=O) groups is 1. The molecule has 10 heteroatoms. The van der Waals surface area contributed by atoms with Crippen LogP contribution in [-0.2, 0) is 26.9 Å². The molecule has 1 amide bonds. The highest BCUT2D eigenvalue weighted by molar-refractivity contribution is 7.79. The lowest BCUT2D eigenvalue weighted by molar-refractivity contribution is -0.116. The summed E-state index contributed by atoms with van der Waals surface area (Å²) in [5, 5.41) is 2.94. The Morgan fingerprint density at radius 3 is 2.18 bits per heavy atom. The molecule has 0 saturated heterocycles. The van der Waals surface area contributed by atoms with Crippen molar-refractivity contribution in [3.05, 3.63) is 23.8 Å². The van der Waals surface area contributed by atoms with Crippen LogP contribution in [0.1, 0.15) is 89.5 Å². The zero-order valence-corrected chi connectivity index (χ0v) is 22.1. The Morgan fingerprint density at radius 1 is 0.971 bits per heavy atom. The number of rotatable bonds is 20. The van der Waals surface area contributed by atoms with Gasteiger partial charge in [-0.15, -0.1) is 0 Å². The molecule has 0 heterocycles. The molecule has 1 atom stereocenters. The zero-order chi connectivity index (χ0) is 25.2. The van der Waals surface area contributed by atoms with Gasteiger partial charge in [0.15, 0.2) is 11.1 Å². The van der Waals surface area contributed by atoms with E-state index in [0.29, 0.717) is 43.1 Å². The van der Waals surface area contributed by atoms with E-state index in [0.717, 1.165) is 69.8 Å². The van der Waals surface area contributed by atoms with Crippen LogP contribution in [0.2, 0.25) is 0 Å². The highest BCUT2D eigenvalue weighted by Gasteiger charge is 2.12. The van der Waals surface area contributed by atoms with Gasteiger partial charge < -0.3 is 24.4 Å². The summed E-state index contributed by atoms with van der Waals surface area (Å²) in [6, 6.07) is 5.71. The molecule has 0 bridgehead atoms. The molecule has 0 aromatic heterocycles. The molecule has 34 heavy (non-hydrogen) atoms. The van der Waals surface area contributed by atoms with Gasteiger partial charge in [-0.05, 0) is 49.8 Å². The largest absolute Gasteiger partial charge is 0.491 e. The fraction of sp³-hybridized carbons (Fsp3) is 0.708. The minimum absolute atomic E-state index is 0.0446. The van der Waals surface area contributed by atoms with Crippen molar-refractivity contribution >= 4 is 30.3 Å². The SMILES string of the molecule is CCc1ccc(NC(=O)CCCCCCCCCCCS(=O)O)c(OCCCCP(=O)(O)O)c1. The number of amides is 1. The van der Waals surface area contributed by atoms with Crippen molar-refractivity contribution in [2.75, 3.05) is 23.8 Å². The van der Waals surface area contributed by atoms with Gasteiger partial charge in [-0.2, -0.15) is 0 Å². The van der Waals surface area contributed by atoms with Crippen molar-refractivity contribution in [3.8, 4) is 5.75 Å². The molecule has 0 spiro atoms.